The fraction of sp³-hybridized carbons (Fsp3) is 0.385. The summed E-state index contributed by atoms with van der Waals surface area (Å²) in [5, 5.41) is 27.4. The molecule has 1 spiro atoms. The van der Waals surface area contributed by atoms with Crippen molar-refractivity contribution in [2.45, 2.75) is 48.8 Å². The normalized spacial score (nSPS) is 32.7. The lowest BCUT2D eigenvalue weighted by molar-refractivity contribution is -0.163. The zero-order valence-electron chi connectivity index (χ0n) is 18.3. The lowest BCUT2D eigenvalue weighted by Crippen LogP contribution is -2.76. The van der Waals surface area contributed by atoms with Gasteiger partial charge in [0, 0.05) is 30.3 Å². The molecule has 2 unspecified atom stereocenters. The number of hydrazone groups is 1. The van der Waals surface area contributed by atoms with E-state index in [-0.39, 0.29) is 17.7 Å². The van der Waals surface area contributed by atoms with Crippen molar-refractivity contribution >= 4 is 11.6 Å². The number of carbonyl (C=O) groups is 1. The summed E-state index contributed by atoms with van der Waals surface area (Å²) in [5.41, 5.74) is 4.21. The Morgan fingerprint density at radius 1 is 1.27 bits per heavy atom. The van der Waals surface area contributed by atoms with Crippen LogP contribution in [0.1, 0.15) is 40.7 Å². The van der Waals surface area contributed by atoms with E-state index in [1.807, 2.05) is 30.3 Å². The van der Waals surface area contributed by atoms with Crippen molar-refractivity contribution in [3.05, 3.63) is 71.8 Å². The standard InChI is InChI=1S/C26H27N3O4/c1-2-13-29-14-12-25-21-17-8-9-19(30)22(21)33-23(25)18(10-11-26(25,32)20(29)15-17)27-28-24(31)16-6-4-3-5-7-16/h2-9,20,23,30,32H,1,10-15H2,(H,28,31)/b27-18+/t20-,23-,25?,26?/m1/s1. The quantitative estimate of drug-likeness (QED) is 0.497. The van der Waals surface area contributed by atoms with Gasteiger partial charge in [0.25, 0.3) is 5.91 Å². The smallest absolute Gasteiger partial charge is 0.271 e. The van der Waals surface area contributed by atoms with Crippen LogP contribution in [0, 0.1) is 0 Å². The molecule has 3 N–H and O–H groups in total. The highest BCUT2D eigenvalue weighted by Gasteiger charge is 2.72. The molecule has 7 nitrogen and oxygen atoms in total. The number of piperidine rings is 1. The minimum atomic E-state index is -1.02. The van der Waals surface area contributed by atoms with Crippen molar-refractivity contribution in [2.75, 3.05) is 13.1 Å². The number of carbonyl (C=O) groups excluding carboxylic acids is 1. The van der Waals surface area contributed by atoms with E-state index in [4.69, 9.17) is 4.74 Å². The summed E-state index contributed by atoms with van der Waals surface area (Å²) in [5.74, 6) is 0.248. The zero-order chi connectivity index (χ0) is 22.8. The van der Waals surface area contributed by atoms with Crippen LogP contribution in [0.4, 0.5) is 0 Å². The molecule has 2 aliphatic heterocycles. The van der Waals surface area contributed by atoms with Gasteiger partial charge in [0.2, 0.25) is 0 Å². The van der Waals surface area contributed by atoms with Crippen LogP contribution in [0.2, 0.25) is 0 Å². The van der Waals surface area contributed by atoms with Gasteiger partial charge in [0.1, 0.15) is 0 Å². The van der Waals surface area contributed by atoms with Gasteiger partial charge in [-0.3, -0.25) is 9.69 Å². The van der Waals surface area contributed by atoms with E-state index >= 15 is 0 Å². The Hall–Kier alpha value is -3.16. The van der Waals surface area contributed by atoms with Gasteiger partial charge in [-0.15, -0.1) is 6.58 Å². The van der Waals surface area contributed by atoms with Crippen molar-refractivity contribution in [1.82, 2.24) is 10.3 Å². The monoisotopic (exact) mass is 445 g/mol. The van der Waals surface area contributed by atoms with Crippen LogP contribution in [-0.4, -0.2) is 57.6 Å². The van der Waals surface area contributed by atoms with Gasteiger partial charge < -0.3 is 14.9 Å². The third-order valence-electron chi connectivity index (χ3n) is 8.09. The Morgan fingerprint density at radius 3 is 2.88 bits per heavy atom. The molecule has 0 aromatic heterocycles. The van der Waals surface area contributed by atoms with Gasteiger partial charge >= 0.3 is 0 Å². The number of hydrogen-bond donors (Lipinski definition) is 3. The molecular formula is C26H27N3O4. The second-order valence-corrected chi connectivity index (χ2v) is 9.51. The molecule has 2 fully saturated rings. The van der Waals surface area contributed by atoms with E-state index in [9.17, 15) is 15.0 Å². The summed E-state index contributed by atoms with van der Waals surface area (Å²) in [6.45, 7) is 5.40. The lowest BCUT2D eigenvalue weighted by Gasteiger charge is -2.62. The predicted octanol–water partition coefficient (Wildman–Crippen LogP) is 2.52. The highest BCUT2D eigenvalue weighted by atomic mass is 16.5. The molecule has 2 aromatic rings. The summed E-state index contributed by atoms with van der Waals surface area (Å²) >= 11 is 0. The average molecular weight is 446 g/mol. The Kier molecular flexibility index (Phi) is 4.44. The van der Waals surface area contributed by atoms with E-state index in [0.717, 1.165) is 17.7 Å². The Labute approximate surface area is 192 Å². The molecule has 170 valence electrons. The largest absolute Gasteiger partial charge is 0.504 e. The number of nitrogens with one attached hydrogen (secondary N) is 1. The van der Waals surface area contributed by atoms with Crippen molar-refractivity contribution in [1.29, 1.82) is 0 Å². The summed E-state index contributed by atoms with van der Waals surface area (Å²) < 4.78 is 6.39. The molecule has 1 saturated carbocycles. The van der Waals surface area contributed by atoms with E-state index in [2.05, 4.69) is 22.0 Å². The molecule has 0 radical (unpaired) electrons. The second-order valence-electron chi connectivity index (χ2n) is 9.51. The second kappa shape index (κ2) is 7.17. The number of amides is 1. The Bertz CT molecular complexity index is 1180. The summed E-state index contributed by atoms with van der Waals surface area (Å²) in [4.78, 5) is 14.9. The highest BCUT2D eigenvalue weighted by molar-refractivity contribution is 5.98. The third-order valence-corrected chi connectivity index (χ3v) is 8.09. The SMILES string of the molecule is C=CCN1CCC23c4c5ccc(O)c4O[C@@H]2/C(=N/NC(=O)c2ccccc2)CCC3(O)[C@H]1C5. The first-order valence-electron chi connectivity index (χ1n) is 11.5. The minimum absolute atomic E-state index is 0.0706. The number of phenols is 1. The maximum Gasteiger partial charge on any atom is 0.271 e. The Morgan fingerprint density at radius 2 is 2.09 bits per heavy atom. The van der Waals surface area contributed by atoms with Gasteiger partial charge in [0.15, 0.2) is 17.6 Å². The first-order chi connectivity index (χ1) is 16.0. The van der Waals surface area contributed by atoms with Gasteiger partial charge in [-0.2, -0.15) is 5.10 Å². The van der Waals surface area contributed by atoms with Crippen molar-refractivity contribution in [3.63, 3.8) is 0 Å². The molecule has 6 rings (SSSR count). The zero-order valence-corrected chi connectivity index (χ0v) is 18.3. The molecule has 2 aliphatic carbocycles. The first kappa shape index (κ1) is 20.4. The number of ether oxygens (including phenoxy) is 1. The number of aromatic hydroxyl groups is 1. The maximum atomic E-state index is 12.6. The fourth-order valence-corrected chi connectivity index (χ4v) is 6.71. The number of hydrogen-bond acceptors (Lipinski definition) is 6. The lowest BCUT2D eigenvalue weighted by atomic mass is 9.49. The predicted molar refractivity (Wildman–Crippen MR) is 124 cm³/mol. The van der Waals surface area contributed by atoms with Crippen LogP contribution in [-0.2, 0) is 11.8 Å². The van der Waals surface area contributed by atoms with Crippen molar-refractivity contribution < 1.29 is 19.7 Å². The molecular weight excluding hydrogens is 418 g/mol. The molecule has 1 saturated heterocycles. The molecule has 4 atom stereocenters. The van der Waals surface area contributed by atoms with Crippen molar-refractivity contribution in [2.24, 2.45) is 5.10 Å². The van der Waals surface area contributed by atoms with Crippen LogP contribution in [0.3, 0.4) is 0 Å². The first-order valence-corrected chi connectivity index (χ1v) is 11.5. The van der Waals surface area contributed by atoms with E-state index in [1.54, 1.807) is 18.2 Å². The number of benzene rings is 2. The van der Waals surface area contributed by atoms with Crippen LogP contribution in [0.5, 0.6) is 11.5 Å². The molecule has 2 heterocycles. The maximum absolute atomic E-state index is 12.6. The summed E-state index contributed by atoms with van der Waals surface area (Å²) in [6.07, 6.45) is 3.73. The molecule has 33 heavy (non-hydrogen) atoms. The summed E-state index contributed by atoms with van der Waals surface area (Å²) in [7, 11) is 0. The molecule has 2 aromatic carbocycles. The molecule has 1 amide bonds. The topological polar surface area (TPSA) is 94.4 Å². The Balaban J connectivity index is 1.43. The third kappa shape index (κ3) is 2.63. The number of phenolic OH excluding ortho intramolecular Hbond substituents is 1. The van der Waals surface area contributed by atoms with Crippen LogP contribution in [0.25, 0.3) is 0 Å². The summed E-state index contributed by atoms with van der Waals surface area (Å²) in [6, 6.07) is 12.5. The fourth-order valence-electron chi connectivity index (χ4n) is 6.71. The average Bonchev–Trinajstić information content (AvgIpc) is 3.18. The molecule has 2 bridgehead atoms. The van der Waals surface area contributed by atoms with Crippen LogP contribution in [0.15, 0.2) is 60.2 Å². The van der Waals surface area contributed by atoms with E-state index in [0.29, 0.717) is 49.3 Å². The van der Waals surface area contributed by atoms with Crippen molar-refractivity contribution in [3.8, 4) is 11.5 Å². The van der Waals surface area contributed by atoms with Gasteiger partial charge in [0.05, 0.1) is 16.7 Å². The van der Waals surface area contributed by atoms with Crippen LogP contribution >= 0.6 is 0 Å². The number of nitrogens with zero attached hydrogens (tertiary/aromatic N) is 2. The molecule has 4 aliphatic rings. The van der Waals surface area contributed by atoms with Gasteiger partial charge in [-0.05, 0) is 49.4 Å². The number of aliphatic hydroxyl groups is 1. The van der Waals surface area contributed by atoms with E-state index < -0.39 is 17.1 Å². The van der Waals surface area contributed by atoms with Gasteiger partial charge in [-0.1, -0.05) is 30.3 Å². The minimum Gasteiger partial charge on any atom is -0.504 e. The number of likely N-dealkylation sites (tertiary alicyclic amines) is 1. The van der Waals surface area contributed by atoms with Gasteiger partial charge in [-0.25, -0.2) is 5.43 Å². The molecule has 7 heteroatoms. The van der Waals surface area contributed by atoms with E-state index in [1.165, 1.54) is 0 Å². The van der Waals surface area contributed by atoms with Crippen LogP contribution < -0.4 is 10.2 Å². The number of rotatable bonds is 4. The highest BCUT2D eigenvalue weighted by Crippen LogP contribution is 2.64.